The highest BCUT2D eigenvalue weighted by atomic mass is 79.9. The van der Waals surface area contributed by atoms with Crippen LogP contribution in [-0.2, 0) is 16.1 Å². The highest BCUT2D eigenvalue weighted by Gasteiger charge is 2.40. The Balaban J connectivity index is 1.96. The number of hydrogen-bond acceptors (Lipinski definition) is 4. The Morgan fingerprint density at radius 1 is 1.27 bits per heavy atom. The average Bonchev–Trinajstić information content (AvgIpc) is 2.75. The first-order chi connectivity index (χ1) is 10.4. The van der Waals surface area contributed by atoms with Crippen molar-refractivity contribution in [1.29, 1.82) is 0 Å². The van der Waals surface area contributed by atoms with Crippen LogP contribution in [0.25, 0.3) is 0 Å². The van der Waals surface area contributed by atoms with Gasteiger partial charge in [0.15, 0.2) is 0 Å². The second-order valence-corrected chi connectivity index (χ2v) is 6.66. The van der Waals surface area contributed by atoms with Gasteiger partial charge in [0.1, 0.15) is 6.04 Å². The van der Waals surface area contributed by atoms with Gasteiger partial charge < -0.3 is 9.80 Å². The number of imide groups is 1. The molecule has 3 rings (SSSR count). The van der Waals surface area contributed by atoms with E-state index in [1.54, 1.807) is 11.0 Å². The van der Waals surface area contributed by atoms with Crippen molar-refractivity contribution in [2.24, 2.45) is 0 Å². The molecule has 1 N–H and O–H groups in total. The number of hydrogen-bond donors (Lipinski definition) is 1. The first kappa shape index (κ1) is 15.0. The van der Waals surface area contributed by atoms with Crippen LogP contribution in [-0.4, -0.2) is 42.8 Å². The molecule has 22 heavy (non-hydrogen) atoms. The Morgan fingerprint density at radius 3 is 2.64 bits per heavy atom. The third kappa shape index (κ3) is 2.39. The summed E-state index contributed by atoms with van der Waals surface area (Å²) < 4.78 is 0.827. The zero-order valence-electron chi connectivity index (χ0n) is 12.4. The van der Waals surface area contributed by atoms with Crippen LogP contribution >= 0.6 is 15.9 Å². The van der Waals surface area contributed by atoms with Gasteiger partial charge in [-0.15, -0.1) is 0 Å². The topological polar surface area (TPSA) is 69.7 Å². The molecule has 2 aliphatic rings. The van der Waals surface area contributed by atoms with E-state index >= 15 is 0 Å². The van der Waals surface area contributed by atoms with Gasteiger partial charge in [-0.25, -0.2) is 0 Å². The van der Waals surface area contributed by atoms with E-state index in [0.29, 0.717) is 18.5 Å². The smallest absolute Gasteiger partial charge is 0.255 e. The number of amides is 3. The van der Waals surface area contributed by atoms with E-state index in [-0.39, 0.29) is 24.1 Å². The van der Waals surface area contributed by atoms with E-state index in [1.165, 1.54) is 0 Å². The zero-order valence-corrected chi connectivity index (χ0v) is 13.9. The maximum absolute atomic E-state index is 12.7. The number of piperidine rings is 1. The molecule has 1 aromatic carbocycles. The summed E-state index contributed by atoms with van der Waals surface area (Å²) in [5, 5.41) is 2.31. The number of nitrogens with one attached hydrogen (secondary N) is 1. The molecule has 1 aromatic rings. The number of halogens is 1. The summed E-state index contributed by atoms with van der Waals surface area (Å²) in [5.41, 5.74) is 2.48. The van der Waals surface area contributed by atoms with Crippen LogP contribution in [0.1, 0.15) is 28.8 Å². The lowest BCUT2D eigenvalue weighted by atomic mass is 10.0. The molecule has 0 radical (unpaired) electrons. The predicted molar refractivity (Wildman–Crippen MR) is 84.5 cm³/mol. The fourth-order valence-corrected chi connectivity index (χ4v) is 3.45. The second-order valence-electron chi connectivity index (χ2n) is 5.75. The van der Waals surface area contributed by atoms with Crippen molar-refractivity contribution in [3.8, 4) is 0 Å². The lowest BCUT2D eigenvalue weighted by Crippen LogP contribution is -2.52. The quantitative estimate of drug-likeness (QED) is 0.801. The van der Waals surface area contributed by atoms with Gasteiger partial charge in [0.25, 0.3) is 5.91 Å². The summed E-state index contributed by atoms with van der Waals surface area (Å²) in [6, 6.07) is 3.17. The van der Waals surface area contributed by atoms with Crippen molar-refractivity contribution >= 4 is 39.3 Å². The molecule has 0 aliphatic carbocycles. The molecule has 1 fully saturated rings. The molecule has 0 bridgehead atoms. The Bertz CT molecular complexity index is 687. The van der Waals surface area contributed by atoms with Crippen LogP contribution in [0.2, 0.25) is 0 Å². The van der Waals surface area contributed by atoms with Gasteiger partial charge in [-0.2, -0.15) is 0 Å². The Labute approximate surface area is 136 Å². The minimum absolute atomic E-state index is 0.158. The van der Waals surface area contributed by atoms with E-state index in [9.17, 15) is 14.4 Å². The number of anilines is 1. The molecule has 3 amide bonds. The molecule has 1 unspecified atom stereocenters. The first-order valence-electron chi connectivity index (χ1n) is 7.03. The number of rotatable bonds is 2. The van der Waals surface area contributed by atoms with Crippen LogP contribution in [0.15, 0.2) is 16.6 Å². The van der Waals surface area contributed by atoms with Gasteiger partial charge in [-0.3, -0.25) is 19.7 Å². The number of carbonyl (C=O) groups excluding carboxylic acids is 3. The van der Waals surface area contributed by atoms with Gasteiger partial charge in [-0.1, -0.05) is 15.9 Å². The van der Waals surface area contributed by atoms with Gasteiger partial charge in [-0.05, 0) is 18.6 Å². The lowest BCUT2D eigenvalue weighted by Gasteiger charge is -2.29. The van der Waals surface area contributed by atoms with Crippen LogP contribution in [0, 0.1) is 0 Å². The minimum Gasteiger partial charge on any atom is -0.377 e. The SMILES string of the molecule is CN(C)c1cc(Br)cc2c1CN(C1CCC(=O)NC1=O)C2=O. The maximum atomic E-state index is 12.7. The van der Waals surface area contributed by atoms with Crippen LogP contribution in [0.5, 0.6) is 0 Å². The van der Waals surface area contributed by atoms with Gasteiger partial charge >= 0.3 is 0 Å². The van der Waals surface area contributed by atoms with Crippen molar-refractivity contribution in [1.82, 2.24) is 10.2 Å². The zero-order chi connectivity index (χ0) is 16.0. The largest absolute Gasteiger partial charge is 0.377 e. The van der Waals surface area contributed by atoms with Crippen LogP contribution < -0.4 is 10.2 Å². The average molecular weight is 366 g/mol. The van der Waals surface area contributed by atoms with Crippen LogP contribution in [0.4, 0.5) is 5.69 Å². The summed E-state index contributed by atoms with van der Waals surface area (Å²) >= 11 is 3.43. The third-order valence-electron chi connectivity index (χ3n) is 4.08. The molecule has 6 nitrogen and oxygen atoms in total. The Morgan fingerprint density at radius 2 is 2.00 bits per heavy atom. The molecular formula is C15H16BrN3O3. The first-order valence-corrected chi connectivity index (χ1v) is 7.82. The van der Waals surface area contributed by atoms with Crippen molar-refractivity contribution in [2.75, 3.05) is 19.0 Å². The van der Waals surface area contributed by atoms with E-state index in [1.807, 2.05) is 25.1 Å². The predicted octanol–water partition coefficient (Wildman–Crippen LogP) is 1.28. The monoisotopic (exact) mass is 365 g/mol. The van der Waals surface area contributed by atoms with E-state index in [0.717, 1.165) is 15.7 Å². The summed E-state index contributed by atoms with van der Waals surface area (Å²) in [6.07, 6.45) is 0.642. The summed E-state index contributed by atoms with van der Waals surface area (Å²) in [4.78, 5) is 39.5. The van der Waals surface area contributed by atoms with Crippen molar-refractivity contribution in [3.05, 3.63) is 27.7 Å². The normalized spacial score (nSPS) is 21.0. The summed E-state index contributed by atoms with van der Waals surface area (Å²) in [5.74, 6) is -0.820. The van der Waals surface area contributed by atoms with Gasteiger partial charge in [0.2, 0.25) is 11.8 Å². The van der Waals surface area contributed by atoms with E-state index in [2.05, 4.69) is 21.2 Å². The van der Waals surface area contributed by atoms with Crippen molar-refractivity contribution < 1.29 is 14.4 Å². The molecule has 0 spiro atoms. The van der Waals surface area contributed by atoms with Crippen molar-refractivity contribution in [3.63, 3.8) is 0 Å². The van der Waals surface area contributed by atoms with Gasteiger partial charge in [0.05, 0.1) is 0 Å². The standard InChI is InChI=1S/C15H16BrN3O3/c1-18(2)12-6-8(16)5-9-10(12)7-19(15(9)22)11-3-4-13(20)17-14(11)21/h5-6,11H,3-4,7H2,1-2H3,(H,17,20,21). The number of carbonyl (C=O) groups is 3. The van der Waals surface area contributed by atoms with Crippen LogP contribution in [0.3, 0.4) is 0 Å². The minimum atomic E-state index is -0.577. The fraction of sp³-hybridized carbons (Fsp3) is 0.400. The second kappa shape index (κ2) is 5.39. The lowest BCUT2D eigenvalue weighted by molar-refractivity contribution is -0.136. The number of fused-ring (bicyclic) bond motifs is 1. The van der Waals surface area contributed by atoms with E-state index in [4.69, 9.17) is 0 Å². The number of benzene rings is 1. The molecule has 1 atom stereocenters. The molecular weight excluding hydrogens is 350 g/mol. The molecule has 1 saturated heterocycles. The molecule has 0 saturated carbocycles. The molecule has 116 valence electrons. The highest BCUT2D eigenvalue weighted by molar-refractivity contribution is 9.10. The van der Waals surface area contributed by atoms with E-state index < -0.39 is 6.04 Å². The van der Waals surface area contributed by atoms with Gasteiger partial charge in [0, 0.05) is 48.3 Å². The molecule has 7 heteroatoms. The fourth-order valence-electron chi connectivity index (χ4n) is 3.01. The highest BCUT2D eigenvalue weighted by Crippen LogP contribution is 2.35. The summed E-state index contributed by atoms with van der Waals surface area (Å²) in [7, 11) is 3.84. The molecule has 2 aliphatic heterocycles. The number of nitrogens with zero attached hydrogens (tertiary/aromatic N) is 2. The Kier molecular flexibility index (Phi) is 3.68. The third-order valence-corrected chi connectivity index (χ3v) is 4.54. The maximum Gasteiger partial charge on any atom is 0.255 e. The summed E-state index contributed by atoms with van der Waals surface area (Å²) in [6.45, 7) is 0.390. The molecule has 2 heterocycles. The van der Waals surface area contributed by atoms with Crippen molar-refractivity contribution in [2.45, 2.75) is 25.4 Å². The molecule has 0 aromatic heterocycles. The Hall–Kier alpha value is -1.89.